The number of alkyl halides is 2. The lowest BCUT2D eigenvalue weighted by molar-refractivity contribution is -0.116. The van der Waals surface area contributed by atoms with Crippen LogP contribution in [0.3, 0.4) is 0 Å². The molecule has 0 bridgehead atoms. The molecule has 0 heterocycles. The molecular formula is C14H17F2NO4S. The highest BCUT2D eigenvalue weighted by atomic mass is 32.2. The van der Waals surface area contributed by atoms with E-state index in [1.165, 1.54) is 36.4 Å². The van der Waals surface area contributed by atoms with Crippen LogP contribution < -0.4 is 10.1 Å². The summed E-state index contributed by atoms with van der Waals surface area (Å²) >= 11 is 0. The van der Waals surface area contributed by atoms with Gasteiger partial charge in [0.2, 0.25) is 5.91 Å². The van der Waals surface area contributed by atoms with E-state index in [1.807, 2.05) is 0 Å². The van der Waals surface area contributed by atoms with E-state index in [2.05, 4.69) is 10.1 Å². The van der Waals surface area contributed by atoms with Gasteiger partial charge < -0.3 is 10.1 Å². The van der Waals surface area contributed by atoms with E-state index in [0.29, 0.717) is 12.0 Å². The van der Waals surface area contributed by atoms with Crippen molar-refractivity contribution >= 4 is 21.8 Å². The van der Waals surface area contributed by atoms with Crippen LogP contribution in [0, 0.1) is 0 Å². The molecule has 1 N–H and O–H groups in total. The second-order valence-electron chi connectivity index (χ2n) is 4.56. The topological polar surface area (TPSA) is 72.5 Å². The van der Waals surface area contributed by atoms with Gasteiger partial charge in [0, 0.05) is 18.9 Å². The van der Waals surface area contributed by atoms with Crippen molar-refractivity contribution in [2.24, 2.45) is 0 Å². The van der Waals surface area contributed by atoms with Crippen LogP contribution in [0.1, 0.15) is 12.0 Å². The smallest absolute Gasteiger partial charge is 0.387 e. The summed E-state index contributed by atoms with van der Waals surface area (Å²) in [5.41, 5.74) is 0.646. The lowest BCUT2D eigenvalue weighted by Gasteiger charge is -2.04. The maximum absolute atomic E-state index is 12.0. The molecule has 0 aliphatic rings. The van der Waals surface area contributed by atoms with Crippen molar-refractivity contribution in [3.63, 3.8) is 0 Å². The molecule has 0 aliphatic carbocycles. The zero-order chi connectivity index (χ0) is 16.6. The number of carbonyl (C=O) groups is 1. The maximum Gasteiger partial charge on any atom is 0.387 e. The van der Waals surface area contributed by atoms with Crippen LogP contribution in [0.4, 0.5) is 8.78 Å². The largest absolute Gasteiger partial charge is 0.435 e. The van der Waals surface area contributed by atoms with Gasteiger partial charge >= 0.3 is 6.61 Å². The van der Waals surface area contributed by atoms with Gasteiger partial charge in [-0.2, -0.15) is 8.78 Å². The van der Waals surface area contributed by atoms with Crippen LogP contribution >= 0.6 is 0 Å². The Morgan fingerprint density at radius 1 is 1.32 bits per heavy atom. The monoisotopic (exact) mass is 333 g/mol. The summed E-state index contributed by atoms with van der Waals surface area (Å²) < 4.78 is 49.9. The summed E-state index contributed by atoms with van der Waals surface area (Å²) in [5.74, 6) is -0.304. The Morgan fingerprint density at radius 3 is 2.50 bits per heavy atom. The lowest BCUT2D eigenvalue weighted by atomic mass is 10.2. The van der Waals surface area contributed by atoms with E-state index in [-0.39, 0.29) is 24.0 Å². The van der Waals surface area contributed by atoms with Gasteiger partial charge in [-0.25, -0.2) is 8.42 Å². The van der Waals surface area contributed by atoms with Crippen LogP contribution in [0.25, 0.3) is 6.08 Å². The molecule has 0 aliphatic heterocycles. The minimum Gasteiger partial charge on any atom is -0.435 e. The number of amides is 1. The minimum absolute atomic E-state index is 0.0165. The van der Waals surface area contributed by atoms with E-state index in [1.54, 1.807) is 0 Å². The molecule has 0 spiro atoms. The molecule has 0 atom stereocenters. The van der Waals surface area contributed by atoms with Crippen molar-refractivity contribution in [2.75, 3.05) is 18.6 Å². The third-order valence-corrected chi connectivity index (χ3v) is 3.55. The summed E-state index contributed by atoms with van der Waals surface area (Å²) in [6.07, 6.45) is 4.27. The number of carbonyl (C=O) groups excluding carboxylic acids is 1. The highest BCUT2D eigenvalue weighted by Gasteiger charge is 2.03. The highest BCUT2D eigenvalue weighted by molar-refractivity contribution is 7.90. The molecule has 0 saturated heterocycles. The average molecular weight is 333 g/mol. The summed E-state index contributed by atoms with van der Waals surface area (Å²) in [7, 11) is -3.02. The quantitative estimate of drug-likeness (QED) is 0.582. The standard InChI is InChI=1S/C14H17F2NO4S/c1-22(19,20)10-2-9-17-13(18)8-5-11-3-6-12(7-4-11)21-14(15)16/h3-8,14H,2,9-10H2,1H3,(H,17,18)/b8-5+. The molecule has 8 heteroatoms. The van der Waals surface area contributed by atoms with Gasteiger partial charge in [0.1, 0.15) is 15.6 Å². The number of ether oxygens (including phenoxy) is 1. The molecule has 0 saturated carbocycles. The van der Waals surface area contributed by atoms with Gasteiger partial charge in [0.25, 0.3) is 0 Å². The molecule has 1 amide bonds. The summed E-state index contributed by atoms with van der Waals surface area (Å²) in [6, 6.07) is 5.81. The molecule has 0 aromatic heterocycles. The van der Waals surface area contributed by atoms with Crippen LogP contribution in [0.15, 0.2) is 30.3 Å². The Bertz CT molecular complexity index is 612. The predicted molar refractivity (Wildman–Crippen MR) is 79.4 cm³/mol. The number of sulfone groups is 1. The number of hydrogen-bond donors (Lipinski definition) is 1. The second-order valence-corrected chi connectivity index (χ2v) is 6.82. The number of halogens is 2. The van der Waals surface area contributed by atoms with Gasteiger partial charge in [-0.05, 0) is 30.2 Å². The number of benzene rings is 1. The maximum atomic E-state index is 12.0. The minimum atomic E-state index is -3.02. The Balaban J connectivity index is 2.39. The van der Waals surface area contributed by atoms with E-state index in [4.69, 9.17) is 0 Å². The molecule has 1 aromatic rings. The molecule has 22 heavy (non-hydrogen) atoms. The fraction of sp³-hybridized carbons (Fsp3) is 0.357. The highest BCUT2D eigenvalue weighted by Crippen LogP contribution is 2.15. The summed E-state index contributed by atoms with van der Waals surface area (Å²) in [6.45, 7) is -2.61. The Morgan fingerprint density at radius 2 is 1.95 bits per heavy atom. The van der Waals surface area contributed by atoms with Crippen molar-refractivity contribution < 1.29 is 26.7 Å². The van der Waals surface area contributed by atoms with Crippen LogP contribution in [0.2, 0.25) is 0 Å². The SMILES string of the molecule is CS(=O)(=O)CCCNC(=O)/C=C/c1ccc(OC(F)F)cc1. The number of rotatable bonds is 8. The van der Waals surface area contributed by atoms with Crippen molar-refractivity contribution in [1.82, 2.24) is 5.32 Å². The average Bonchev–Trinajstić information content (AvgIpc) is 2.41. The first-order valence-electron chi connectivity index (χ1n) is 6.45. The van der Waals surface area contributed by atoms with E-state index < -0.39 is 16.4 Å². The van der Waals surface area contributed by atoms with Crippen molar-refractivity contribution in [3.05, 3.63) is 35.9 Å². The van der Waals surface area contributed by atoms with Crippen molar-refractivity contribution in [2.45, 2.75) is 13.0 Å². The van der Waals surface area contributed by atoms with Gasteiger partial charge in [0.05, 0.1) is 5.75 Å². The van der Waals surface area contributed by atoms with Crippen molar-refractivity contribution in [3.8, 4) is 5.75 Å². The molecule has 5 nitrogen and oxygen atoms in total. The number of hydrogen-bond acceptors (Lipinski definition) is 4. The molecular weight excluding hydrogens is 316 g/mol. The fourth-order valence-electron chi connectivity index (χ4n) is 1.54. The molecule has 0 radical (unpaired) electrons. The normalized spacial score (nSPS) is 11.8. The Labute approximate surface area is 127 Å². The van der Waals surface area contributed by atoms with E-state index in [0.717, 1.165) is 6.26 Å². The van der Waals surface area contributed by atoms with Crippen LogP contribution in [-0.4, -0.2) is 39.5 Å². The van der Waals surface area contributed by atoms with Crippen LogP contribution in [-0.2, 0) is 14.6 Å². The Hall–Kier alpha value is -1.96. The first kappa shape index (κ1) is 18.1. The number of nitrogens with one attached hydrogen (secondary N) is 1. The third kappa shape index (κ3) is 8.35. The van der Waals surface area contributed by atoms with Crippen molar-refractivity contribution in [1.29, 1.82) is 0 Å². The predicted octanol–water partition coefficient (Wildman–Crippen LogP) is 1.85. The lowest BCUT2D eigenvalue weighted by Crippen LogP contribution is -2.23. The zero-order valence-electron chi connectivity index (χ0n) is 12.0. The third-order valence-electron chi connectivity index (χ3n) is 2.52. The fourth-order valence-corrected chi connectivity index (χ4v) is 2.21. The zero-order valence-corrected chi connectivity index (χ0v) is 12.8. The van der Waals surface area contributed by atoms with E-state index in [9.17, 15) is 22.0 Å². The molecule has 1 aromatic carbocycles. The van der Waals surface area contributed by atoms with E-state index >= 15 is 0 Å². The summed E-state index contributed by atoms with van der Waals surface area (Å²) in [5, 5.41) is 2.55. The van der Waals surface area contributed by atoms with Gasteiger partial charge in [0.15, 0.2) is 0 Å². The second kappa shape index (κ2) is 8.47. The van der Waals surface area contributed by atoms with Gasteiger partial charge in [-0.3, -0.25) is 4.79 Å². The van der Waals surface area contributed by atoms with Crippen LogP contribution in [0.5, 0.6) is 5.75 Å². The molecule has 122 valence electrons. The summed E-state index contributed by atoms with van der Waals surface area (Å²) in [4.78, 5) is 11.5. The Kier molecular flexibility index (Phi) is 6.97. The molecule has 0 unspecified atom stereocenters. The van der Waals surface area contributed by atoms with Gasteiger partial charge in [-0.1, -0.05) is 12.1 Å². The molecule has 0 fully saturated rings. The first-order chi connectivity index (χ1) is 10.3. The first-order valence-corrected chi connectivity index (χ1v) is 8.51. The van der Waals surface area contributed by atoms with Gasteiger partial charge in [-0.15, -0.1) is 0 Å². The molecule has 1 rings (SSSR count).